The summed E-state index contributed by atoms with van der Waals surface area (Å²) in [5.74, 6) is 0.875. The van der Waals surface area contributed by atoms with Crippen LogP contribution in [0.4, 0.5) is 0 Å². The van der Waals surface area contributed by atoms with Crippen LogP contribution < -0.4 is 4.74 Å². The van der Waals surface area contributed by atoms with Crippen LogP contribution in [0.3, 0.4) is 0 Å². The lowest BCUT2D eigenvalue weighted by Gasteiger charge is -2.24. The number of ether oxygens (including phenoxy) is 2. The second kappa shape index (κ2) is 5.19. The minimum absolute atomic E-state index is 0.0532. The smallest absolute Gasteiger partial charge is 0.188 e. The van der Waals surface area contributed by atoms with Crippen molar-refractivity contribution in [2.24, 2.45) is 0 Å². The average molecular weight is 287 g/mol. The number of rotatable bonds is 3. The van der Waals surface area contributed by atoms with E-state index in [-0.39, 0.29) is 12.2 Å². The summed E-state index contributed by atoms with van der Waals surface area (Å²) >= 11 is 3.54. The summed E-state index contributed by atoms with van der Waals surface area (Å²) in [5.41, 5.74) is 2.47. The van der Waals surface area contributed by atoms with E-state index < -0.39 is 0 Å². The summed E-state index contributed by atoms with van der Waals surface area (Å²) in [6, 6.07) is 4.22. The Balaban J connectivity index is 3.21. The molecule has 0 aliphatic heterocycles. The van der Waals surface area contributed by atoms with E-state index in [0.717, 1.165) is 10.2 Å². The molecule has 0 spiro atoms. The maximum atomic E-state index is 5.63. The van der Waals surface area contributed by atoms with Crippen molar-refractivity contribution in [3.63, 3.8) is 0 Å². The molecule has 0 aliphatic rings. The Morgan fingerprint density at radius 2 is 1.88 bits per heavy atom. The first-order valence-electron chi connectivity index (χ1n) is 5.28. The summed E-state index contributed by atoms with van der Waals surface area (Å²) in [5, 5.41) is 0. The van der Waals surface area contributed by atoms with Gasteiger partial charge in [-0.1, -0.05) is 26.8 Å². The molecule has 3 heteroatoms. The van der Waals surface area contributed by atoms with Gasteiger partial charge in [0.2, 0.25) is 0 Å². The molecular weight excluding hydrogens is 268 g/mol. The lowest BCUT2D eigenvalue weighted by molar-refractivity contribution is 0.0492. The van der Waals surface area contributed by atoms with Crippen LogP contribution in [0.2, 0.25) is 0 Å². The third-order valence-corrected chi connectivity index (χ3v) is 2.91. The number of halogens is 1. The second-order valence-electron chi connectivity index (χ2n) is 4.92. The van der Waals surface area contributed by atoms with E-state index in [0.29, 0.717) is 0 Å². The molecule has 1 aromatic carbocycles. The zero-order chi connectivity index (χ0) is 12.3. The van der Waals surface area contributed by atoms with Gasteiger partial charge >= 0.3 is 0 Å². The van der Waals surface area contributed by atoms with Crippen LogP contribution in [0.15, 0.2) is 16.6 Å². The van der Waals surface area contributed by atoms with Crippen molar-refractivity contribution in [2.45, 2.75) is 33.1 Å². The fraction of sp³-hybridized carbons (Fsp3) is 0.538. The molecule has 0 saturated carbocycles. The highest BCUT2D eigenvalue weighted by atomic mass is 79.9. The van der Waals surface area contributed by atoms with E-state index in [2.05, 4.69) is 55.8 Å². The predicted octanol–water partition coefficient (Wildman–Crippen LogP) is 4.04. The number of hydrogen-bond acceptors (Lipinski definition) is 2. The molecule has 16 heavy (non-hydrogen) atoms. The summed E-state index contributed by atoms with van der Waals surface area (Å²) in [4.78, 5) is 0. The van der Waals surface area contributed by atoms with Gasteiger partial charge < -0.3 is 9.47 Å². The molecule has 1 aromatic rings. The van der Waals surface area contributed by atoms with Gasteiger partial charge in [-0.3, -0.25) is 0 Å². The van der Waals surface area contributed by atoms with Gasteiger partial charge in [0, 0.05) is 12.7 Å². The van der Waals surface area contributed by atoms with Crippen molar-refractivity contribution >= 4 is 15.9 Å². The lowest BCUT2D eigenvalue weighted by atomic mass is 9.85. The van der Waals surface area contributed by atoms with Gasteiger partial charge in [-0.15, -0.1) is 0 Å². The highest BCUT2D eigenvalue weighted by Gasteiger charge is 2.21. The predicted molar refractivity (Wildman–Crippen MR) is 70.1 cm³/mol. The number of aryl methyl sites for hydroxylation is 1. The Kier molecular flexibility index (Phi) is 4.39. The van der Waals surface area contributed by atoms with Crippen LogP contribution in [0.5, 0.6) is 5.75 Å². The Bertz CT molecular complexity index is 367. The molecule has 1 rings (SSSR count). The SMILES string of the molecule is COCOc1c(Br)cc(C)cc1C(C)(C)C. The lowest BCUT2D eigenvalue weighted by Crippen LogP contribution is -2.15. The van der Waals surface area contributed by atoms with Crippen LogP contribution in [0.25, 0.3) is 0 Å². The molecule has 0 aliphatic carbocycles. The molecule has 90 valence electrons. The van der Waals surface area contributed by atoms with Gasteiger partial charge in [0.15, 0.2) is 6.79 Å². The Morgan fingerprint density at radius 3 is 2.38 bits per heavy atom. The maximum Gasteiger partial charge on any atom is 0.188 e. The first kappa shape index (κ1) is 13.5. The van der Waals surface area contributed by atoms with Crippen LogP contribution in [-0.4, -0.2) is 13.9 Å². The molecule has 0 heterocycles. The Hall–Kier alpha value is -0.540. The van der Waals surface area contributed by atoms with E-state index >= 15 is 0 Å². The highest BCUT2D eigenvalue weighted by molar-refractivity contribution is 9.10. The van der Waals surface area contributed by atoms with Crippen molar-refractivity contribution in [3.8, 4) is 5.75 Å². The monoisotopic (exact) mass is 286 g/mol. The molecule has 0 radical (unpaired) electrons. The highest BCUT2D eigenvalue weighted by Crippen LogP contribution is 2.38. The van der Waals surface area contributed by atoms with E-state index in [4.69, 9.17) is 9.47 Å². The molecule has 0 unspecified atom stereocenters. The Labute approximate surface area is 106 Å². The first-order valence-corrected chi connectivity index (χ1v) is 6.08. The molecular formula is C13H19BrO2. The minimum Gasteiger partial charge on any atom is -0.466 e. The van der Waals surface area contributed by atoms with Crippen LogP contribution >= 0.6 is 15.9 Å². The third kappa shape index (κ3) is 3.22. The standard InChI is InChI=1S/C13H19BrO2/c1-9-6-10(13(2,3)4)12(11(14)7-9)16-8-15-5/h6-7H,8H2,1-5H3. The molecule has 0 amide bonds. The van der Waals surface area contributed by atoms with E-state index in [1.54, 1.807) is 7.11 Å². The van der Waals surface area contributed by atoms with Gasteiger partial charge in [0.25, 0.3) is 0 Å². The number of methoxy groups -OCH3 is 1. The zero-order valence-corrected chi connectivity index (χ0v) is 12.1. The average Bonchev–Trinajstić information content (AvgIpc) is 2.14. The largest absolute Gasteiger partial charge is 0.466 e. The summed E-state index contributed by atoms with van der Waals surface area (Å²) in [7, 11) is 1.62. The van der Waals surface area contributed by atoms with Crippen LogP contribution in [-0.2, 0) is 10.2 Å². The van der Waals surface area contributed by atoms with Crippen molar-refractivity contribution in [3.05, 3.63) is 27.7 Å². The molecule has 0 bridgehead atoms. The normalized spacial score (nSPS) is 11.6. The second-order valence-corrected chi connectivity index (χ2v) is 5.78. The van der Waals surface area contributed by atoms with Crippen LogP contribution in [0, 0.1) is 6.92 Å². The first-order chi connectivity index (χ1) is 7.36. The summed E-state index contributed by atoms with van der Waals surface area (Å²) in [6.45, 7) is 8.88. The van der Waals surface area contributed by atoms with Gasteiger partial charge in [-0.05, 0) is 39.9 Å². The molecule has 2 nitrogen and oxygen atoms in total. The van der Waals surface area contributed by atoms with Gasteiger partial charge in [0.1, 0.15) is 5.75 Å². The van der Waals surface area contributed by atoms with Crippen molar-refractivity contribution in [2.75, 3.05) is 13.9 Å². The Morgan fingerprint density at radius 1 is 1.25 bits per heavy atom. The van der Waals surface area contributed by atoms with Gasteiger partial charge in [0.05, 0.1) is 4.47 Å². The molecule has 0 atom stereocenters. The van der Waals surface area contributed by atoms with Crippen molar-refractivity contribution < 1.29 is 9.47 Å². The fourth-order valence-electron chi connectivity index (χ4n) is 1.55. The molecule has 0 N–H and O–H groups in total. The zero-order valence-electron chi connectivity index (χ0n) is 10.6. The minimum atomic E-state index is 0.0532. The number of hydrogen-bond donors (Lipinski definition) is 0. The van der Waals surface area contributed by atoms with E-state index in [1.807, 2.05) is 0 Å². The van der Waals surface area contributed by atoms with E-state index in [1.165, 1.54) is 11.1 Å². The molecule has 0 fully saturated rings. The van der Waals surface area contributed by atoms with Crippen molar-refractivity contribution in [1.82, 2.24) is 0 Å². The molecule has 0 saturated heterocycles. The van der Waals surface area contributed by atoms with Gasteiger partial charge in [-0.25, -0.2) is 0 Å². The molecule has 0 aromatic heterocycles. The van der Waals surface area contributed by atoms with Crippen LogP contribution in [0.1, 0.15) is 31.9 Å². The third-order valence-electron chi connectivity index (χ3n) is 2.32. The van der Waals surface area contributed by atoms with E-state index in [9.17, 15) is 0 Å². The summed E-state index contributed by atoms with van der Waals surface area (Å²) in [6.07, 6.45) is 0. The quantitative estimate of drug-likeness (QED) is 0.781. The topological polar surface area (TPSA) is 18.5 Å². The van der Waals surface area contributed by atoms with Gasteiger partial charge in [-0.2, -0.15) is 0 Å². The number of benzene rings is 1. The van der Waals surface area contributed by atoms with Crippen molar-refractivity contribution in [1.29, 1.82) is 0 Å². The maximum absolute atomic E-state index is 5.63. The fourth-order valence-corrected chi connectivity index (χ4v) is 2.24. The summed E-state index contributed by atoms with van der Waals surface area (Å²) < 4.78 is 11.6.